The van der Waals surface area contributed by atoms with Crippen LogP contribution in [-0.4, -0.2) is 12.3 Å². The van der Waals surface area contributed by atoms with Crippen molar-refractivity contribution in [3.05, 3.63) is 23.9 Å². The maximum atomic E-state index is 12.2. The Morgan fingerprint density at radius 3 is 2.31 bits per heavy atom. The second-order valence-corrected chi connectivity index (χ2v) is 2.49. The van der Waals surface area contributed by atoms with Gasteiger partial charge in [-0.2, -0.15) is 0 Å². The van der Waals surface area contributed by atoms with Crippen molar-refractivity contribution in [3.63, 3.8) is 0 Å². The zero-order valence-corrected chi connectivity index (χ0v) is 7.21. The molecule has 0 spiro atoms. The third kappa shape index (κ3) is 3.68. The summed E-state index contributed by atoms with van der Waals surface area (Å²) in [4.78, 5) is 10.7. The van der Waals surface area contributed by atoms with Crippen LogP contribution in [0.15, 0.2) is 23.9 Å². The lowest BCUT2D eigenvalue weighted by atomic mass is 10.0. The molecular weight excluding hydrogens is 178 g/mol. The second-order valence-electron chi connectivity index (χ2n) is 2.49. The first-order chi connectivity index (χ1) is 6.00. The molecule has 0 heterocycles. The normalized spacial score (nSPS) is 15.2. The molecule has 0 aliphatic rings. The van der Waals surface area contributed by atoms with Crippen molar-refractivity contribution in [3.8, 4) is 0 Å². The Kier molecular flexibility index (Phi) is 4.72. The number of rotatable bonds is 4. The van der Waals surface area contributed by atoms with Crippen LogP contribution in [0.5, 0.6) is 0 Å². The third-order valence-corrected chi connectivity index (χ3v) is 1.54. The molecule has 5 heteroatoms. The van der Waals surface area contributed by atoms with E-state index in [0.29, 0.717) is 0 Å². The lowest BCUT2D eigenvalue weighted by molar-refractivity contribution is -0.115. The monoisotopic (exact) mass is 190 g/mol. The summed E-state index contributed by atoms with van der Waals surface area (Å²) in [5.41, 5.74) is 9.76. The van der Waals surface area contributed by atoms with E-state index in [2.05, 4.69) is 0 Å². The van der Waals surface area contributed by atoms with Crippen LogP contribution in [0.4, 0.5) is 8.78 Å². The second kappa shape index (κ2) is 5.29. The summed E-state index contributed by atoms with van der Waals surface area (Å²) in [7, 11) is 0. The average molecular weight is 190 g/mol. The van der Waals surface area contributed by atoms with E-state index in [1.807, 2.05) is 0 Å². The van der Waals surface area contributed by atoms with E-state index in [9.17, 15) is 13.6 Å². The van der Waals surface area contributed by atoms with Gasteiger partial charge in [-0.15, -0.1) is 0 Å². The number of allylic oxidation sites excluding steroid dienone is 2. The first-order valence-electron chi connectivity index (χ1n) is 3.67. The van der Waals surface area contributed by atoms with Gasteiger partial charge in [-0.3, -0.25) is 4.79 Å². The van der Waals surface area contributed by atoms with Gasteiger partial charge in [0.2, 0.25) is 12.3 Å². The van der Waals surface area contributed by atoms with Crippen molar-refractivity contribution < 1.29 is 13.6 Å². The fourth-order valence-electron chi connectivity index (χ4n) is 0.753. The number of hydrogen-bond acceptors (Lipinski definition) is 2. The Balaban J connectivity index is 4.71. The van der Waals surface area contributed by atoms with Gasteiger partial charge in [-0.1, -0.05) is 13.0 Å². The Labute approximate surface area is 75.1 Å². The smallest absolute Gasteiger partial charge is 0.245 e. The van der Waals surface area contributed by atoms with E-state index >= 15 is 0 Å². The van der Waals surface area contributed by atoms with Gasteiger partial charge >= 0.3 is 0 Å². The molecule has 1 atom stereocenters. The van der Waals surface area contributed by atoms with Crippen molar-refractivity contribution in [2.24, 2.45) is 17.4 Å². The fourth-order valence-corrected chi connectivity index (χ4v) is 0.753. The number of amides is 1. The predicted molar refractivity (Wildman–Crippen MR) is 45.8 cm³/mol. The summed E-state index contributed by atoms with van der Waals surface area (Å²) in [5.74, 6) is -2.03. The van der Waals surface area contributed by atoms with Crippen molar-refractivity contribution >= 4 is 5.91 Å². The summed E-state index contributed by atoms with van der Waals surface area (Å²) in [6.07, 6.45) is 1.02. The average Bonchev–Trinajstić information content (AvgIpc) is 2.04. The summed E-state index contributed by atoms with van der Waals surface area (Å²) in [6, 6.07) is 0. The van der Waals surface area contributed by atoms with Crippen LogP contribution >= 0.6 is 0 Å². The lowest BCUT2D eigenvalue weighted by Crippen LogP contribution is -2.23. The molecule has 1 amide bonds. The maximum absolute atomic E-state index is 12.2. The standard InChI is InChI=1S/C8H12F2N2O/c1-5(7(9)10)6(8(12)13)3-2-4-11/h2-5,7H,11H2,1H3,(H2,12,13)/b4-2-,6-3+. The minimum absolute atomic E-state index is 0.128. The molecule has 0 fully saturated rings. The zero-order chi connectivity index (χ0) is 10.4. The number of carbonyl (C=O) groups excluding carboxylic acids is 1. The van der Waals surface area contributed by atoms with Gasteiger partial charge in [-0.25, -0.2) is 8.78 Å². The molecule has 0 saturated carbocycles. The molecule has 74 valence electrons. The largest absolute Gasteiger partial charge is 0.405 e. The minimum Gasteiger partial charge on any atom is -0.405 e. The predicted octanol–water partition coefficient (Wildman–Crippen LogP) is 0.772. The third-order valence-electron chi connectivity index (χ3n) is 1.54. The highest BCUT2D eigenvalue weighted by atomic mass is 19.3. The maximum Gasteiger partial charge on any atom is 0.245 e. The van der Waals surface area contributed by atoms with Crippen LogP contribution in [0, 0.1) is 5.92 Å². The van der Waals surface area contributed by atoms with Crippen molar-refractivity contribution in [2.75, 3.05) is 0 Å². The van der Waals surface area contributed by atoms with Crippen LogP contribution in [-0.2, 0) is 4.79 Å². The molecule has 0 aromatic heterocycles. The highest BCUT2D eigenvalue weighted by molar-refractivity contribution is 5.92. The fraction of sp³-hybridized carbons (Fsp3) is 0.375. The van der Waals surface area contributed by atoms with Crippen LogP contribution < -0.4 is 11.5 Å². The van der Waals surface area contributed by atoms with Gasteiger partial charge in [-0.05, 0) is 12.3 Å². The summed E-state index contributed by atoms with van der Waals surface area (Å²) < 4.78 is 24.3. The molecule has 0 aliphatic carbocycles. The van der Waals surface area contributed by atoms with Crippen molar-refractivity contribution in [2.45, 2.75) is 13.3 Å². The summed E-state index contributed by atoms with van der Waals surface area (Å²) >= 11 is 0. The van der Waals surface area contributed by atoms with Crippen LogP contribution in [0.1, 0.15) is 6.92 Å². The molecule has 3 nitrogen and oxygen atoms in total. The minimum atomic E-state index is -2.61. The molecule has 0 rings (SSSR count). The van der Waals surface area contributed by atoms with E-state index in [4.69, 9.17) is 11.5 Å². The van der Waals surface area contributed by atoms with E-state index in [-0.39, 0.29) is 5.57 Å². The van der Waals surface area contributed by atoms with Gasteiger partial charge in [0, 0.05) is 11.5 Å². The highest BCUT2D eigenvalue weighted by Gasteiger charge is 2.22. The Hall–Kier alpha value is -1.39. The van der Waals surface area contributed by atoms with Gasteiger partial charge in [0.05, 0.1) is 0 Å². The lowest BCUT2D eigenvalue weighted by Gasteiger charge is -2.10. The SMILES string of the molecule is CC(/C(=C\C=C/N)C(N)=O)C(F)F. The van der Waals surface area contributed by atoms with E-state index in [0.717, 1.165) is 6.20 Å². The topological polar surface area (TPSA) is 69.1 Å². The van der Waals surface area contributed by atoms with Crippen molar-refractivity contribution in [1.29, 1.82) is 0 Å². The number of hydrogen-bond donors (Lipinski definition) is 2. The Morgan fingerprint density at radius 1 is 1.46 bits per heavy atom. The molecule has 0 aromatic rings. The number of primary amides is 1. The molecule has 4 N–H and O–H groups in total. The Bertz CT molecular complexity index is 236. The van der Waals surface area contributed by atoms with Gasteiger partial charge < -0.3 is 11.5 Å². The molecule has 1 unspecified atom stereocenters. The van der Waals surface area contributed by atoms with E-state index < -0.39 is 18.3 Å². The number of nitrogens with two attached hydrogens (primary N) is 2. The van der Waals surface area contributed by atoms with Crippen LogP contribution in [0.2, 0.25) is 0 Å². The Morgan fingerprint density at radius 2 is 2.00 bits per heavy atom. The molecule has 0 aliphatic heterocycles. The van der Waals surface area contributed by atoms with Crippen LogP contribution in [0.3, 0.4) is 0 Å². The molecule has 0 saturated heterocycles. The molecule has 0 radical (unpaired) electrons. The number of carbonyl (C=O) groups is 1. The number of halogens is 2. The van der Waals surface area contributed by atoms with E-state index in [1.54, 1.807) is 0 Å². The van der Waals surface area contributed by atoms with E-state index in [1.165, 1.54) is 19.1 Å². The molecule has 0 aromatic carbocycles. The van der Waals surface area contributed by atoms with Gasteiger partial charge in [0.25, 0.3) is 0 Å². The first-order valence-corrected chi connectivity index (χ1v) is 3.67. The van der Waals surface area contributed by atoms with Gasteiger partial charge in [0.15, 0.2) is 0 Å². The molecule has 13 heavy (non-hydrogen) atoms. The van der Waals surface area contributed by atoms with Crippen molar-refractivity contribution in [1.82, 2.24) is 0 Å². The highest BCUT2D eigenvalue weighted by Crippen LogP contribution is 2.18. The van der Waals surface area contributed by atoms with Crippen LogP contribution in [0.25, 0.3) is 0 Å². The zero-order valence-electron chi connectivity index (χ0n) is 7.21. The summed E-state index contributed by atoms with van der Waals surface area (Å²) in [5, 5.41) is 0. The summed E-state index contributed by atoms with van der Waals surface area (Å²) in [6.45, 7) is 1.23. The molecule has 0 bridgehead atoms. The number of alkyl halides is 2. The quantitative estimate of drug-likeness (QED) is 0.508. The molecular formula is C8H12F2N2O. The first kappa shape index (κ1) is 11.6. The van der Waals surface area contributed by atoms with Gasteiger partial charge in [0.1, 0.15) is 0 Å².